The van der Waals surface area contributed by atoms with Crippen molar-refractivity contribution in [1.82, 2.24) is 15.5 Å². The Labute approximate surface area is 176 Å². The molecular weight excluding hydrogens is 395 g/mol. The smallest absolute Gasteiger partial charge is 0.352 e. The van der Waals surface area contributed by atoms with E-state index in [1.807, 2.05) is 0 Å². The summed E-state index contributed by atoms with van der Waals surface area (Å²) in [5.74, 6) is -0.824. The molecule has 0 heterocycles. The molecule has 1 fully saturated rings. The average Bonchev–Trinajstić information content (AvgIpc) is 2.71. The van der Waals surface area contributed by atoms with Gasteiger partial charge in [0.25, 0.3) is 5.91 Å². The van der Waals surface area contributed by atoms with Crippen LogP contribution in [0.3, 0.4) is 0 Å². The molecule has 2 rings (SSSR count). The van der Waals surface area contributed by atoms with E-state index in [0.29, 0.717) is 18.5 Å². The molecule has 0 aliphatic heterocycles. The summed E-state index contributed by atoms with van der Waals surface area (Å²) in [6.07, 6.45) is -1.09. The van der Waals surface area contributed by atoms with Gasteiger partial charge in [-0.25, -0.2) is 0 Å². The first-order valence-corrected chi connectivity index (χ1v) is 10.3. The minimum absolute atomic E-state index is 0.0164. The summed E-state index contributed by atoms with van der Waals surface area (Å²) in [5.41, 5.74) is -1.04. The molecule has 3 atom stereocenters. The minimum atomic E-state index is -4.53. The Morgan fingerprint density at radius 3 is 2.57 bits per heavy atom. The molecule has 1 radical (unpaired) electrons. The van der Waals surface area contributed by atoms with Crippen molar-refractivity contribution in [2.24, 2.45) is 5.92 Å². The summed E-state index contributed by atoms with van der Waals surface area (Å²) in [6, 6.07) is 5.01. The third-order valence-electron chi connectivity index (χ3n) is 5.92. The van der Waals surface area contributed by atoms with Crippen LogP contribution < -0.4 is 10.6 Å². The van der Waals surface area contributed by atoms with E-state index in [-0.39, 0.29) is 30.0 Å². The van der Waals surface area contributed by atoms with Crippen molar-refractivity contribution in [3.63, 3.8) is 0 Å². The van der Waals surface area contributed by atoms with Gasteiger partial charge in [0, 0.05) is 23.7 Å². The molecule has 2 amide bonds. The van der Waals surface area contributed by atoms with Crippen molar-refractivity contribution in [3.8, 4) is 0 Å². The highest BCUT2D eigenvalue weighted by atomic mass is 19.4. The Morgan fingerprint density at radius 2 is 1.97 bits per heavy atom. The van der Waals surface area contributed by atoms with Gasteiger partial charge in [-0.3, -0.25) is 9.59 Å². The summed E-state index contributed by atoms with van der Waals surface area (Å²) >= 11 is 0. The molecule has 1 aromatic rings. The summed E-state index contributed by atoms with van der Waals surface area (Å²) < 4.78 is 38.4. The third kappa shape index (κ3) is 6.45. The minimum Gasteiger partial charge on any atom is -0.352 e. The van der Waals surface area contributed by atoms with Gasteiger partial charge in [-0.1, -0.05) is 13.0 Å². The summed E-state index contributed by atoms with van der Waals surface area (Å²) in [5, 5.41) is 5.36. The monoisotopic (exact) mass is 426 g/mol. The Balaban J connectivity index is 1.88. The molecule has 1 aromatic carbocycles. The lowest BCUT2D eigenvalue weighted by atomic mass is 9.79. The van der Waals surface area contributed by atoms with E-state index in [9.17, 15) is 22.8 Å². The fourth-order valence-electron chi connectivity index (χ4n) is 3.90. The highest BCUT2D eigenvalue weighted by Crippen LogP contribution is 2.31. The maximum Gasteiger partial charge on any atom is 0.416 e. The summed E-state index contributed by atoms with van der Waals surface area (Å²) in [6.45, 7) is 8.03. The molecule has 167 valence electrons. The van der Waals surface area contributed by atoms with Crippen LogP contribution >= 0.6 is 0 Å². The second-order valence-electron chi connectivity index (χ2n) is 8.21. The van der Waals surface area contributed by atoms with Crippen LogP contribution in [-0.4, -0.2) is 48.4 Å². The van der Waals surface area contributed by atoms with Crippen LogP contribution in [0.4, 0.5) is 13.2 Å². The van der Waals surface area contributed by atoms with Crippen molar-refractivity contribution < 1.29 is 22.8 Å². The van der Waals surface area contributed by atoms with Crippen molar-refractivity contribution in [3.05, 3.63) is 42.3 Å². The SMILES string of the molecule is [CH2]CC1C[C@H](N(C)C(C)C)CC[C@@H]1NC(=O)CNC(=O)c1cccc(C(F)(F)F)c1. The van der Waals surface area contributed by atoms with Gasteiger partial charge in [0.1, 0.15) is 0 Å². The number of carbonyl (C=O) groups is 2. The first kappa shape index (κ1) is 24.2. The number of alkyl halides is 3. The van der Waals surface area contributed by atoms with Crippen LogP contribution in [0.25, 0.3) is 0 Å². The van der Waals surface area contributed by atoms with E-state index >= 15 is 0 Å². The molecule has 1 unspecified atom stereocenters. The van der Waals surface area contributed by atoms with Gasteiger partial charge >= 0.3 is 6.18 Å². The molecule has 2 N–H and O–H groups in total. The van der Waals surface area contributed by atoms with Crippen molar-refractivity contribution in [2.45, 2.75) is 63.8 Å². The van der Waals surface area contributed by atoms with Gasteiger partial charge in [0.2, 0.25) is 5.91 Å². The van der Waals surface area contributed by atoms with Crippen LogP contribution in [0.2, 0.25) is 0 Å². The molecule has 1 saturated carbocycles. The highest BCUT2D eigenvalue weighted by Gasteiger charge is 2.33. The van der Waals surface area contributed by atoms with E-state index in [1.54, 1.807) is 0 Å². The standard InChI is InChI=1S/C22H31F3N3O2/c1-5-15-12-18(28(4)14(2)3)9-10-19(15)27-20(29)13-26-21(30)16-7-6-8-17(11-16)22(23,24)25/h6-8,11,14-15,18-19H,1,5,9-10,12-13H2,2-4H3,(H,26,30)(H,27,29)/t15?,18-,19+/m1/s1. The number of carbonyl (C=O) groups excluding carboxylic acids is 2. The van der Waals surface area contributed by atoms with Gasteiger partial charge in [0.05, 0.1) is 12.1 Å². The first-order chi connectivity index (χ1) is 14.0. The predicted octanol–water partition coefficient (Wildman–Crippen LogP) is 3.65. The molecule has 1 aliphatic rings. The zero-order chi connectivity index (χ0) is 22.5. The van der Waals surface area contributed by atoms with E-state index in [1.165, 1.54) is 12.1 Å². The van der Waals surface area contributed by atoms with Crippen molar-refractivity contribution in [1.29, 1.82) is 0 Å². The Hall–Kier alpha value is -2.09. The molecule has 0 bridgehead atoms. The molecule has 0 saturated heterocycles. The number of hydrogen-bond acceptors (Lipinski definition) is 3. The molecule has 1 aliphatic carbocycles. The Bertz CT molecular complexity index is 737. The van der Waals surface area contributed by atoms with Gasteiger partial charge in [-0.15, -0.1) is 0 Å². The Morgan fingerprint density at radius 1 is 1.27 bits per heavy atom. The molecule has 0 spiro atoms. The van der Waals surface area contributed by atoms with E-state index in [4.69, 9.17) is 0 Å². The maximum atomic E-state index is 12.8. The number of benzene rings is 1. The molecule has 0 aromatic heterocycles. The molecular formula is C22H31F3N3O2. The number of nitrogens with zero attached hydrogens (tertiary/aromatic N) is 1. The lowest BCUT2D eigenvalue weighted by Gasteiger charge is -2.41. The zero-order valence-electron chi connectivity index (χ0n) is 17.8. The molecule has 30 heavy (non-hydrogen) atoms. The van der Waals surface area contributed by atoms with Gasteiger partial charge in [-0.05, 0) is 70.7 Å². The second-order valence-corrected chi connectivity index (χ2v) is 8.21. The van der Waals surface area contributed by atoms with Crippen molar-refractivity contribution >= 4 is 11.8 Å². The lowest BCUT2D eigenvalue weighted by molar-refractivity contribution is -0.137. The van der Waals surface area contributed by atoms with Crippen LogP contribution in [0, 0.1) is 12.8 Å². The fraction of sp³-hybridized carbons (Fsp3) is 0.591. The molecule has 8 heteroatoms. The van der Waals surface area contributed by atoms with Crippen LogP contribution in [0.15, 0.2) is 24.3 Å². The zero-order valence-corrected chi connectivity index (χ0v) is 17.8. The normalized spacial score (nSPS) is 22.2. The van der Waals surface area contributed by atoms with Crippen molar-refractivity contribution in [2.75, 3.05) is 13.6 Å². The quantitative estimate of drug-likeness (QED) is 0.700. The van der Waals surface area contributed by atoms with Crippen LogP contribution in [0.1, 0.15) is 55.5 Å². The number of nitrogens with one attached hydrogen (secondary N) is 2. The number of halogens is 3. The lowest BCUT2D eigenvalue weighted by Crippen LogP contribution is -2.51. The molecule has 5 nitrogen and oxygen atoms in total. The first-order valence-electron chi connectivity index (χ1n) is 10.3. The largest absolute Gasteiger partial charge is 0.416 e. The van der Waals surface area contributed by atoms with Crippen LogP contribution in [-0.2, 0) is 11.0 Å². The topological polar surface area (TPSA) is 61.4 Å². The predicted molar refractivity (Wildman–Crippen MR) is 110 cm³/mol. The second kappa shape index (κ2) is 10.3. The average molecular weight is 427 g/mol. The van der Waals surface area contributed by atoms with Gasteiger partial charge in [-0.2, -0.15) is 13.2 Å². The number of amides is 2. The number of hydrogen-bond donors (Lipinski definition) is 2. The fourth-order valence-corrected chi connectivity index (χ4v) is 3.90. The van der Waals surface area contributed by atoms with Gasteiger partial charge in [0.15, 0.2) is 0 Å². The van der Waals surface area contributed by atoms with Crippen LogP contribution in [0.5, 0.6) is 0 Å². The highest BCUT2D eigenvalue weighted by molar-refractivity contribution is 5.96. The Kier molecular flexibility index (Phi) is 8.29. The van der Waals surface area contributed by atoms with E-state index < -0.39 is 17.6 Å². The van der Waals surface area contributed by atoms with E-state index in [2.05, 4.69) is 43.4 Å². The number of rotatable bonds is 7. The summed E-state index contributed by atoms with van der Waals surface area (Å²) in [4.78, 5) is 26.8. The third-order valence-corrected chi connectivity index (χ3v) is 5.92. The maximum absolute atomic E-state index is 12.8. The van der Waals surface area contributed by atoms with E-state index in [0.717, 1.165) is 31.4 Å². The van der Waals surface area contributed by atoms with Gasteiger partial charge < -0.3 is 15.5 Å². The summed E-state index contributed by atoms with van der Waals surface area (Å²) in [7, 11) is 2.11.